The highest BCUT2D eigenvalue weighted by Crippen LogP contribution is 2.17. The molecule has 0 bridgehead atoms. The van der Waals surface area contributed by atoms with Crippen molar-refractivity contribution in [1.29, 1.82) is 0 Å². The van der Waals surface area contributed by atoms with Gasteiger partial charge in [-0.3, -0.25) is 4.79 Å². The molecule has 0 spiro atoms. The van der Waals surface area contributed by atoms with Crippen molar-refractivity contribution in [2.75, 3.05) is 17.0 Å². The van der Waals surface area contributed by atoms with E-state index in [2.05, 4.69) is 20.7 Å². The van der Waals surface area contributed by atoms with E-state index in [0.717, 1.165) is 30.3 Å². The molecule has 5 N–H and O–H groups in total. The Labute approximate surface area is 108 Å². The fraction of sp³-hybridized carbons (Fsp3) is 0.556. The first kappa shape index (κ1) is 12.7. The Bertz CT molecular complexity index is 461. The van der Waals surface area contributed by atoms with Crippen molar-refractivity contribution in [2.24, 2.45) is 10.8 Å². The minimum absolute atomic E-state index is 0.115. The van der Waals surface area contributed by atoms with Crippen LogP contribution >= 0.6 is 11.8 Å². The summed E-state index contributed by atoms with van der Waals surface area (Å²) < 4.78 is 1.26. The molecule has 9 heteroatoms. The number of nitrogens with one attached hydrogen (secondary N) is 1. The maximum absolute atomic E-state index is 10.7. The third-order valence-electron chi connectivity index (χ3n) is 2.50. The Kier molecular flexibility index (Phi) is 4.03. The van der Waals surface area contributed by atoms with Crippen molar-refractivity contribution in [3.05, 3.63) is 0 Å². The van der Waals surface area contributed by atoms with Gasteiger partial charge in [-0.05, 0) is 25.7 Å². The van der Waals surface area contributed by atoms with Crippen LogP contribution in [0.2, 0.25) is 0 Å². The smallest absolute Gasteiger partial charge is 0.264 e. The Hall–Kier alpha value is -1.77. The Balaban J connectivity index is 1.97. The van der Waals surface area contributed by atoms with E-state index in [1.807, 2.05) is 0 Å². The quantitative estimate of drug-likeness (QED) is 0.390. The van der Waals surface area contributed by atoms with Crippen LogP contribution < -0.4 is 17.0 Å². The number of hydrogen-bond acceptors (Lipinski definition) is 7. The van der Waals surface area contributed by atoms with Gasteiger partial charge in [0.15, 0.2) is 0 Å². The van der Waals surface area contributed by atoms with Crippen molar-refractivity contribution in [3.63, 3.8) is 0 Å². The second-order valence-electron chi connectivity index (χ2n) is 3.93. The molecule has 8 nitrogen and oxygen atoms in total. The van der Waals surface area contributed by atoms with Crippen molar-refractivity contribution in [1.82, 2.24) is 14.9 Å². The Morgan fingerprint density at radius 1 is 1.44 bits per heavy atom. The van der Waals surface area contributed by atoms with Gasteiger partial charge >= 0.3 is 0 Å². The molecule has 0 unspecified atom stereocenters. The van der Waals surface area contributed by atoms with Crippen LogP contribution in [-0.4, -0.2) is 32.2 Å². The molecule has 0 radical (unpaired) electrons. The van der Waals surface area contributed by atoms with Crippen LogP contribution in [0.5, 0.6) is 0 Å². The van der Waals surface area contributed by atoms with Gasteiger partial charge in [-0.2, -0.15) is 5.10 Å². The van der Waals surface area contributed by atoms with Gasteiger partial charge < -0.3 is 11.6 Å². The van der Waals surface area contributed by atoms with E-state index in [-0.39, 0.29) is 5.75 Å². The van der Waals surface area contributed by atoms with Crippen molar-refractivity contribution in [3.8, 4) is 0 Å². The summed E-state index contributed by atoms with van der Waals surface area (Å²) in [4.78, 5) is 10.7. The summed E-state index contributed by atoms with van der Waals surface area (Å²) in [6, 6.07) is 0. The number of thioether (sulfide) groups is 1. The number of nitrogens with two attached hydrogens (primary N) is 2. The van der Waals surface area contributed by atoms with Crippen LogP contribution in [0, 0.1) is 0 Å². The first-order valence-corrected chi connectivity index (χ1v) is 6.58. The predicted octanol–water partition coefficient (Wildman–Crippen LogP) is -0.0888. The second-order valence-corrected chi connectivity index (χ2v) is 4.87. The maximum Gasteiger partial charge on any atom is 0.264 e. The third-order valence-corrected chi connectivity index (χ3v) is 3.47. The van der Waals surface area contributed by atoms with Gasteiger partial charge in [-0.15, -0.1) is 10.2 Å². The monoisotopic (exact) mass is 269 g/mol. The van der Waals surface area contributed by atoms with Crippen LogP contribution in [0.1, 0.15) is 25.7 Å². The van der Waals surface area contributed by atoms with Gasteiger partial charge in [-0.1, -0.05) is 11.8 Å². The summed E-state index contributed by atoms with van der Waals surface area (Å²) in [6.45, 7) is 0. The molecular formula is C9H15N7OS. The average molecular weight is 269 g/mol. The first-order chi connectivity index (χ1) is 8.66. The summed E-state index contributed by atoms with van der Waals surface area (Å²) in [5.74, 6) is 5.80. The summed E-state index contributed by atoms with van der Waals surface area (Å²) in [5, 5.41) is 12.3. The zero-order valence-electron chi connectivity index (χ0n) is 9.80. The number of carbonyl (C=O) groups is 1. The molecule has 1 heterocycles. The van der Waals surface area contributed by atoms with Crippen molar-refractivity contribution < 1.29 is 4.79 Å². The van der Waals surface area contributed by atoms with Gasteiger partial charge in [0.2, 0.25) is 11.1 Å². The normalized spacial score (nSPS) is 14.8. The van der Waals surface area contributed by atoms with Gasteiger partial charge in [0, 0.05) is 5.71 Å². The fourth-order valence-electron chi connectivity index (χ4n) is 1.61. The average Bonchev–Trinajstić information content (AvgIpc) is 2.94. The van der Waals surface area contributed by atoms with Crippen LogP contribution in [0.3, 0.4) is 0 Å². The van der Waals surface area contributed by atoms with E-state index in [1.54, 1.807) is 0 Å². The lowest BCUT2D eigenvalue weighted by molar-refractivity contribution is -0.115. The number of amides is 1. The van der Waals surface area contributed by atoms with Crippen molar-refractivity contribution >= 4 is 29.3 Å². The number of rotatable bonds is 5. The predicted molar refractivity (Wildman–Crippen MR) is 69.6 cm³/mol. The van der Waals surface area contributed by atoms with E-state index in [4.69, 9.17) is 11.6 Å². The largest absolute Gasteiger partial charge is 0.369 e. The highest BCUT2D eigenvalue weighted by molar-refractivity contribution is 7.99. The second kappa shape index (κ2) is 5.71. The number of primary amides is 1. The van der Waals surface area contributed by atoms with E-state index < -0.39 is 5.91 Å². The van der Waals surface area contributed by atoms with E-state index >= 15 is 0 Å². The molecule has 1 aromatic rings. The van der Waals surface area contributed by atoms with E-state index in [9.17, 15) is 4.79 Å². The molecule has 0 atom stereocenters. The van der Waals surface area contributed by atoms with Crippen LogP contribution in [0.15, 0.2) is 10.3 Å². The van der Waals surface area contributed by atoms with Crippen LogP contribution in [0.4, 0.5) is 5.95 Å². The molecule has 1 fully saturated rings. The molecule has 1 saturated carbocycles. The Morgan fingerprint density at radius 3 is 2.83 bits per heavy atom. The fourth-order valence-corrected chi connectivity index (χ4v) is 2.21. The minimum atomic E-state index is -0.427. The molecule has 0 saturated heterocycles. The number of hydrazone groups is 1. The molecule has 1 aromatic heterocycles. The van der Waals surface area contributed by atoms with E-state index in [0.29, 0.717) is 11.1 Å². The summed E-state index contributed by atoms with van der Waals surface area (Å²) >= 11 is 1.14. The number of hydrogen-bond donors (Lipinski definition) is 3. The number of nitrogens with zero attached hydrogens (tertiary/aromatic N) is 4. The first-order valence-electron chi connectivity index (χ1n) is 5.60. The van der Waals surface area contributed by atoms with Gasteiger partial charge in [-0.25, -0.2) is 10.1 Å². The van der Waals surface area contributed by atoms with Gasteiger partial charge in [0.05, 0.1) is 5.75 Å². The molecule has 2 rings (SSSR count). The number of anilines is 1. The van der Waals surface area contributed by atoms with Crippen LogP contribution in [-0.2, 0) is 4.79 Å². The molecule has 98 valence electrons. The zero-order valence-corrected chi connectivity index (χ0v) is 10.6. The summed E-state index contributed by atoms with van der Waals surface area (Å²) in [6.07, 6.45) is 4.37. The Morgan fingerprint density at radius 2 is 2.17 bits per heavy atom. The highest BCUT2D eigenvalue weighted by Gasteiger charge is 2.12. The molecule has 1 aliphatic rings. The lowest BCUT2D eigenvalue weighted by Crippen LogP contribution is -2.16. The van der Waals surface area contributed by atoms with Gasteiger partial charge in [0.1, 0.15) is 0 Å². The summed E-state index contributed by atoms with van der Waals surface area (Å²) in [5.41, 5.74) is 8.94. The number of nitrogen functional groups attached to an aromatic ring is 1. The molecule has 18 heavy (non-hydrogen) atoms. The van der Waals surface area contributed by atoms with E-state index in [1.165, 1.54) is 17.5 Å². The summed E-state index contributed by atoms with van der Waals surface area (Å²) in [7, 11) is 0. The SMILES string of the molecule is NC(=O)CSc1nnc(NN=C2CCCC2)n1N. The lowest BCUT2D eigenvalue weighted by atomic mass is 10.3. The maximum atomic E-state index is 10.7. The molecule has 1 amide bonds. The van der Waals surface area contributed by atoms with Crippen LogP contribution in [0.25, 0.3) is 0 Å². The zero-order chi connectivity index (χ0) is 13.0. The highest BCUT2D eigenvalue weighted by atomic mass is 32.2. The van der Waals surface area contributed by atoms with Crippen molar-refractivity contribution in [2.45, 2.75) is 30.8 Å². The molecule has 1 aliphatic carbocycles. The number of carbonyl (C=O) groups excluding carboxylic acids is 1. The lowest BCUT2D eigenvalue weighted by Gasteiger charge is -2.02. The minimum Gasteiger partial charge on any atom is -0.369 e. The molecule has 0 aromatic carbocycles. The molecular weight excluding hydrogens is 254 g/mol. The number of aromatic nitrogens is 3. The standard InChI is InChI=1S/C9H15N7OS/c10-7(17)5-18-9-15-14-8(16(9)11)13-12-6-3-1-2-4-6/h1-5,11H2,(H2,10,17)(H,13,14). The molecule has 0 aliphatic heterocycles. The third kappa shape index (κ3) is 3.13. The topological polar surface area (TPSA) is 124 Å². The van der Waals surface area contributed by atoms with Gasteiger partial charge in [0.25, 0.3) is 5.95 Å².